The summed E-state index contributed by atoms with van der Waals surface area (Å²) in [5, 5.41) is 3.86. The number of benzene rings is 2. The number of anilines is 1. The van der Waals surface area contributed by atoms with E-state index < -0.39 is 0 Å². The molecule has 0 spiro atoms. The van der Waals surface area contributed by atoms with Crippen molar-refractivity contribution in [1.29, 1.82) is 0 Å². The zero-order valence-electron chi connectivity index (χ0n) is 16.2. The fourth-order valence-corrected chi connectivity index (χ4v) is 4.12. The van der Waals surface area contributed by atoms with Crippen molar-refractivity contribution in [3.63, 3.8) is 0 Å². The molecule has 0 aliphatic carbocycles. The van der Waals surface area contributed by atoms with Crippen molar-refractivity contribution < 1.29 is 14.3 Å². The lowest BCUT2D eigenvalue weighted by Gasteiger charge is -2.31. The molecule has 150 valence electrons. The van der Waals surface area contributed by atoms with E-state index in [9.17, 15) is 4.79 Å². The average Bonchev–Trinajstić information content (AvgIpc) is 3.18. The first-order valence-electron chi connectivity index (χ1n) is 9.18. The van der Waals surface area contributed by atoms with E-state index in [1.54, 1.807) is 32.4 Å². The third-order valence-corrected chi connectivity index (χ3v) is 5.70. The molecule has 1 aliphatic rings. The number of hydrogen-bond acceptors (Lipinski definition) is 4. The Balaban J connectivity index is 1.81. The highest BCUT2D eigenvalue weighted by molar-refractivity contribution is 6.36. The van der Waals surface area contributed by atoms with Gasteiger partial charge in [0.1, 0.15) is 11.5 Å². The van der Waals surface area contributed by atoms with E-state index in [4.69, 9.17) is 32.7 Å². The van der Waals surface area contributed by atoms with E-state index >= 15 is 0 Å². The van der Waals surface area contributed by atoms with E-state index in [0.717, 1.165) is 36.4 Å². The molecule has 1 amide bonds. The molecule has 1 heterocycles. The maximum absolute atomic E-state index is 12.9. The van der Waals surface area contributed by atoms with Crippen LogP contribution in [-0.4, -0.2) is 37.6 Å². The Hall–Kier alpha value is -1.95. The van der Waals surface area contributed by atoms with Gasteiger partial charge in [0.05, 0.1) is 31.0 Å². The number of halogens is 2. The lowest BCUT2D eigenvalue weighted by atomic mass is 10.0. The fourth-order valence-electron chi connectivity index (χ4n) is 3.67. The lowest BCUT2D eigenvalue weighted by molar-refractivity contribution is -0.121. The summed E-state index contributed by atoms with van der Waals surface area (Å²) in [5.41, 5.74) is 1.58. The summed E-state index contributed by atoms with van der Waals surface area (Å²) in [5.74, 6) is 1.46. The Morgan fingerprint density at radius 2 is 1.96 bits per heavy atom. The molecule has 0 bridgehead atoms. The van der Waals surface area contributed by atoms with E-state index in [1.165, 1.54) is 0 Å². The number of ether oxygens (including phenoxy) is 2. The summed E-state index contributed by atoms with van der Waals surface area (Å²) in [7, 11) is 3.30. The molecule has 1 aliphatic heterocycles. The monoisotopic (exact) mass is 422 g/mol. The van der Waals surface area contributed by atoms with Crippen LogP contribution in [0.5, 0.6) is 11.5 Å². The molecule has 1 saturated heterocycles. The van der Waals surface area contributed by atoms with Crippen LogP contribution in [0.2, 0.25) is 10.0 Å². The van der Waals surface area contributed by atoms with Crippen LogP contribution in [0.4, 0.5) is 5.69 Å². The molecular formula is C21H24Cl2N2O3. The van der Waals surface area contributed by atoms with E-state index in [0.29, 0.717) is 15.7 Å². The number of nitrogens with zero attached hydrogens (tertiary/aromatic N) is 1. The molecule has 0 aromatic heterocycles. The largest absolute Gasteiger partial charge is 0.497 e. The molecule has 5 nitrogen and oxygen atoms in total. The van der Waals surface area contributed by atoms with Crippen LogP contribution < -0.4 is 14.8 Å². The number of rotatable bonds is 6. The van der Waals surface area contributed by atoms with Gasteiger partial charge < -0.3 is 14.8 Å². The number of hydrogen-bond donors (Lipinski definition) is 1. The third kappa shape index (κ3) is 4.37. The van der Waals surface area contributed by atoms with Crippen molar-refractivity contribution in [2.75, 3.05) is 26.1 Å². The highest BCUT2D eigenvalue weighted by Gasteiger charge is 2.34. The standard InChI is InChI=1S/C21H24Cl2N2O3/c1-13(21(26)24-18-8-6-14(22)11-17(18)23)25-10-4-5-19(25)16-12-15(27-2)7-9-20(16)28-3/h6-9,11-13,19H,4-5,10H2,1-3H3,(H,24,26)/t13-,19+/m0/s1. The topological polar surface area (TPSA) is 50.8 Å². The van der Waals surface area contributed by atoms with Gasteiger partial charge >= 0.3 is 0 Å². The van der Waals surface area contributed by atoms with Crippen LogP contribution in [0.15, 0.2) is 36.4 Å². The van der Waals surface area contributed by atoms with Crippen LogP contribution >= 0.6 is 23.2 Å². The van der Waals surface area contributed by atoms with Gasteiger partial charge in [0.15, 0.2) is 0 Å². The van der Waals surface area contributed by atoms with E-state index in [2.05, 4.69) is 10.2 Å². The minimum absolute atomic E-state index is 0.0755. The fraction of sp³-hybridized carbons (Fsp3) is 0.381. The molecule has 0 unspecified atom stereocenters. The Morgan fingerprint density at radius 3 is 2.64 bits per heavy atom. The summed E-state index contributed by atoms with van der Waals surface area (Å²) in [6.45, 7) is 2.73. The summed E-state index contributed by atoms with van der Waals surface area (Å²) in [4.78, 5) is 15.1. The second-order valence-electron chi connectivity index (χ2n) is 6.79. The minimum atomic E-state index is -0.338. The van der Waals surface area contributed by atoms with Crippen LogP contribution in [-0.2, 0) is 4.79 Å². The number of likely N-dealkylation sites (tertiary alicyclic amines) is 1. The Morgan fingerprint density at radius 1 is 1.18 bits per heavy atom. The van der Waals surface area contributed by atoms with Gasteiger partial charge in [0, 0.05) is 16.6 Å². The highest BCUT2D eigenvalue weighted by atomic mass is 35.5. The third-order valence-electron chi connectivity index (χ3n) is 5.16. The quantitative estimate of drug-likeness (QED) is 0.696. The molecule has 2 aromatic carbocycles. The predicted octanol–water partition coefficient (Wildman–Crippen LogP) is 5.17. The number of carbonyl (C=O) groups is 1. The first-order chi connectivity index (χ1) is 13.4. The van der Waals surface area contributed by atoms with Crippen molar-refractivity contribution in [3.8, 4) is 11.5 Å². The van der Waals surface area contributed by atoms with Crippen molar-refractivity contribution >= 4 is 34.8 Å². The molecule has 2 aromatic rings. The van der Waals surface area contributed by atoms with Gasteiger partial charge in [-0.15, -0.1) is 0 Å². The molecule has 2 atom stereocenters. The first kappa shape index (κ1) is 20.8. The van der Waals surface area contributed by atoms with Crippen LogP contribution in [0.25, 0.3) is 0 Å². The number of carbonyl (C=O) groups excluding carboxylic acids is 1. The first-order valence-corrected chi connectivity index (χ1v) is 9.93. The van der Waals surface area contributed by atoms with Crippen LogP contribution in [0, 0.1) is 0 Å². The smallest absolute Gasteiger partial charge is 0.241 e. The molecule has 7 heteroatoms. The highest BCUT2D eigenvalue weighted by Crippen LogP contribution is 2.40. The SMILES string of the molecule is COc1ccc(OC)c([C@H]2CCCN2[C@@H](C)C(=O)Nc2ccc(Cl)cc2Cl)c1. The summed E-state index contributed by atoms with van der Waals surface area (Å²) in [6, 6.07) is 10.5. The Labute approximate surface area is 175 Å². The molecular weight excluding hydrogens is 399 g/mol. The molecule has 28 heavy (non-hydrogen) atoms. The van der Waals surface area contributed by atoms with Gasteiger partial charge in [0.2, 0.25) is 5.91 Å². The summed E-state index contributed by atoms with van der Waals surface area (Å²) >= 11 is 12.1. The van der Waals surface area contributed by atoms with E-state index in [1.807, 2.05) is 25.1 Å². The van der Waals surface area contributed by atoms with Crippen molar-refractivity contribution in [2.24, 2.45) is 0 Å². The number of methoxy groups -OCH3 is 2. The maximum atomic E-state index is 12.9. The Bertz CT molecular complexity index is 860. The molecule has 3 rings (SSSR count). The second kappa shape index (κ2) is 9.03. The zero-order valence-corrected chi connectivity index (χ0v) is 17.7. The second-order valence-corrected chi connectivity index (χ2v) is 7.64. The zero-order chi connectivity index (χ0) is 20.3. The van der Waals surface area contributed by atoms with Gasteiger partial charge in [-0.3, -0.25) is 9.69 Å². The predicted molar refractivity (Wildman–Crippen MR) is 113 cm³/mol. The Kier molecular flexibility index (Phi) is 6.70. The minimum Gasteiger partial charge on any atom is -0.497 e. The average molecular weight is 423 g/mol. The summed E-state index contributed by atoms with van der Waals surface area (Å²) < 4.78 is 10.9. The maximum Gasteiger partial charge on any atom is 0.241 e. The van der Waals surface area contributed by atoms with Gasteiger partial charge in [-0.25, -0.2) is 0 Å². The van der Waals surface area contributed by atoms with E-state index in [-0.39, 0.29) is 18.0 Å². The van der Waals surface area contributed by atoms with Gasteiger partial charge in [-0.2, -0.15) is 0 Å². The number of amides is 1. The lowest BCUT2D eigenvalue weighted by Crippen LogP contribution is -2.41. The normalized spacial score (nSPS) is 18.0. The van der Waals surface area contributed by atoms with Gasteiger partial charge in [-0.05, 0) is 62.7 Å². The molecule has 0 saturated carbocycles. The van der Waals surface area contributed by atoms with Crippen molar-refractivity contribution in [2.45, 2.75) is 31.8 Å². The molecule has 1 N–H and O–H groups in total. The summed E-state index contributed by atoms with van der Waals surface area (Å²) in [6.07, 6.45) is 1.95. The van der Waals surface area contributed by atoms with Crippen LogP contribution in [0.1, 0.15) is 31.4 Å². The molecule has 0 radical (unpaired) electrons. The van der Waals surface area contributed by atoms with Crippen molar-refractivity contribution in [1.82, 2.24) is 4.90 Å². The molecule has 1 fully saturated rings. The van der Waals surface area contributed by atoms with Gasteiger partial charge in [0.25, 0.3) is 0 Å². The van der Waals surface area contributed by atoms with Gasteiger partial charge in [-0.1, -0.05) is 23.2 Å². The number of nitrogens with one attached hydrogen (secondary N) is 1. The van der Waals surface area contributed by atoms with Crippen LogP contribution in [0.3, 0.4) is 0 Å². The van der Waals surface area contributed by atoms with Crippen molar-refractivity contribution in [3.05, 3.63) is 52.0 Å².